The molecule has 0 atom stereocenters. The highest BCUT2D eigenvalue weighted by molar-refractivity contribution is 5.90. The normalized spacial score (nSPS) is 10.2. The fourth-order valence-electron chi connectivity index (χ4n) is 1.44. The molecule has 0 amide bonds. The van der Waals surface area contributed by atoms with Crippen LogP contribution in [0.25, 0.3) is 0 Å². The van der Waals surface area contributed by atoms with Crippen LogP contribution in [0.5, 0.6) is 0 Å². The van der Waals surface area contributed by atoms with Gasteiger partial charge in [-0.15, -0.1) is 0 Å². The number of rotatable bonds is 8. The van der Waals surface area contributed by atoms with Crippen molar-refractivity contribution in [2.75, 3.05) is 31.7 Å². The van der Waals surface area contributed by atoms with E-state index < -0.39 is 5.97 Å². The summed E-state index contributed by atoms with van der Waals surface area (Å²) in [6.07, 6.45) is 1.47. The molecular weight excluding hydrogens is 258 g/mol. The zero-order chi connectivity index (χ0) is 15.0. The van der Waals surface area contributed by atoms with Crippen molar-refractivity contribution in [3.05, 3.63) is 29.6 Å². The molecule has 0 spiro atoms. The van der Waals surface area contributed by atoms with Crippen LogP contribution in [-0.4, -0.2) is 42.3 Å². The summed E-state index contributed by atoms with van der Waals surface area (Å²) in [6, 6.07) is 0. The van der Waals surface area contributed by atoms with Crippen LogP contribution in [-0.2, 0) is 9.47 Å². The van der Waals surface area contributed by atoms with E-state index in [0.29, 0.717) is 43.6 Å². The standard InChI is InChI=1S/C14H21N3O3/c1-5-20-13(18)12-8-16-14(17-11(12)4)15-6-7-19-9-10(2)3/h8H,2,5-7,9H2,1,3-4H3,(H,15,16,17). The number of hydrogen-bond donors (Lipinski definition) is 1. The number of aryl methyl sites for hydroxylation is 1. The number of nitrogens with one attached hydrogen (secondary N) is 1. The van der Waals surface area contributed by atoms with Crippen LogP contribution in [0.3, 0.4) is 0 Å². The molecule has 0 aromatic carbocycles. The molecular formula is C14H21N3O3. The van der Waals surface area contributed by atoms with Crippen LogP contribution >= 0.6 is 0 Å². The van der Waals surface area contributed by atoms with E-state index >= 15 is 0 Å². The molecule has 0 radical (unpaired) electrons. The van der Waals surface area contributed by atoms with Crippen molar-refractivity contribution in [2.45, 2.75) is 20.8 Å². The molecule has 1 aromatic heterocycles. The van der Waals surface area contributed by atoms with Gasteiger partial charge in [-0.2, -0.15) is 0 Å². The van der Waals surface area contributed by atoms with Gasteiger partial charge in [0.15, 0.2) is 0 Å². The lowest BCUT2D eigenvalue weighted by Gasteiger charge is -2.08. The van der Waals surface area contributed by atoms with Gasteiger partial charge < -0.3 is 14.8 Å². The summed E-state index contributed by atoms with van der Waals surface area (Å²) in [4.78, 5) is 19.9. The average Bonchev–Trinajstić information content (AvgIpc) is 2.38. The number of ether oxygens (including phenoxy) is 2. The monoisotopic (exact) mass is 279 g/mol. The lowest BCUT2D eigenvalue weighted by atomic mass is 10.2. The first-order valence-corrected chi connectivity index (χ1v) is 6.51. The topological polar surface area (TPSA) is 73.3 Å². The third-order valence-electron chi connectivity index (χ3n) is 2.35. The van der Waals surface area contributed by atoms with Gasteiger partial charge in [-0.05, 0) is 20.8 Å². The minimum absolute atomic E-state index is 0.332. The number of esters is 1. The molecule has 0 aliphatic carbocycles. The Hall–Kier alpha value is -1.95. The SMILES string of the molecule is C=C(C)COCCNc1ncc(C(=O)OCC)c(C)n1. The predicted molar refractivity (Wildman–Crippen MR) is 76.8 cm³/mol. The van der Waals surface area contributed by atoms with Gasteiger partial charge in [0.2, 0.25) is 5.95 Å². The Morgan fingerprint density at radius 3 is 2.85 bits per heavy atom. The maximum atomic E-state index is 11.6. The second kappa shape index (κ2) is 8.27. The van der Waals surface area contributed by atoms with Crippen molar-refractivity contribution in [3.8, 4) is 0 Å². The van der Waals surface area contributed by atoms with E-state index in [9.17, 15) is 4.79 Å². The summed E-state index contributed by atoms with van der Waals surface area (Å²) in [6.45, 7) is 11.2. The van der Waals surface area contributed by atoms with E-state index in [0.717, 1.165) is 5.57 Å². The van der Waals surface area contributed by atoms with E-state index in [4.69, 9.17) is 9.47 Å². The molecule has 20 heavy (non-hydrogen) atoms. The molecule has 0 saturated heterocycles. The zero-order valence-electron chi connectivity index (χ0n) is 12.2. The second-order valence-corrected chi connectivity index (χ2v) is 4.35. The molecule has 0 unspecified atom stereocenters. The number of carbonyl (C=O) groups is 1. The maximum absolute atomic E-state index is 11.6. The Morgan fingerprint density at radius 2 is 2.25 bits per heavy atom. The highest BCUT2D eigenvalue weighted by atomic mass is 16.5. The van der Waals surface area contributed by atoms with Crippen molar-refractivity contribution >= 4 is 11.9 Å². The summed E-state index contributed by atoms with van der Waals surface area (Å²) < 4.78 is 10.3. The van der Waals surface area contributed by atoms with Crippen LogP contribution in [0.1, 0.15) is 29.9 Å². The van der Waals surface area contributed by atoms with Crippen molar-refractivity contribution in [1.82, 2.24) is 9.97 Å². The molecule has 110 valence electrons. The van der Waals surface area contributed by atoms with E-state index in [2.05, 4.69) is 21.9 Å². The molecule has 0 saturated carbocycles. The Balaban J connectivity index is 2.47. The lowest BCUT2D eigenvalue weighted by Crippen LogP contribution is -2.14. The Kier molecular flexibility index (Phi) is 6.66. The van der Waals surface area contributed by atoms with Gasteiger partial charge in [-0.1, -0.05) is 12.2 Å². The van der Waals surface area contributed by atoms with Crippen LogP contribution in [0, 0.1) is 6.92 Å². The van der Waals surface area contributed by atoms with Crippen molar-refractivity contribution in [1.29, 1.82) is 0 Å². The zero-order valence-corrected chi connectivity index (χ0v) is 12.2. The molecule has 0 bridgehead atoms. The van der Waals surface area contributed by atoms with Gasteiger partial charge >= 0.3 is 5.97 Å². The van der Waals surface area contributed by atoms with Crippen LogP contribution in [0.2, 0.25) is 0 Å². The van der Waals surface area contributed by atoms with Crippen LogP contribution in [0.4, 0.5) is 5.95 Å². The lowest BCUT2D eigenvalue weighted by molar-refractivity contribution is 0.0524. The summed E-state index contributed by atoms with van der Waals surface area (Å²) in [5.74, 6) is 0.0656. The first kappa shape index (κ1) is 16.1. The number of nitrogens with zero attached hydrogens (tertiary/aromatic N) is 2. The summed E-state index contributed by atoms with van der Waals surface area (Å²) in [7, 11) is 0. The van der Waals surface area contributed by atoms with Gasteiger partial charge in [0.25, 0.3) is 0 Å². The summed E-state index contributed by atoms with van der Waals surface area (Å²) in [5.41, 5.74) is 1.95. The molecule has 1 heterocycles. The highest BCUT2D eigenvalue weighted by Gasteiger charge is 2.12. The first-order valence-electron chi connectivity index (χ1n) is 6.51. The van der Waals surface area contributed by atoms with Crippen molar-refractivity contribution < 1.29 is 14.3 Å². The van der Waals surface area contributed by atoms with Crippen LogP contribution < -0.4 is 5.32 Å². The van der Waals surface area contributed by atoms with E-state index in [1.165, 1.54) is 6.20 Å². The third kappa shape index (κ3) is 5.36. The molecule has 0 fully saturated rings. The Morgan fingerprint density at radius 1 is 1.50 bits per heavy atom. The molecule has 1 rings (SSSR count). The van der Waals surface area contributed by atoms with Gasteiger partial charge in [0, 0.05) is 12.7 Å². The van der Waals surface area contributed by atoms with E-state index in [-0.39, 0.29) is 0 Å². The number of hydrogen-bond acceptors (Lipinski definition) is 6. The van der Waals surface area contributed by atoms with E-state index in [1.807, 2.05) is 6.92 Å². The third-order valence-corrected chi connectivity index (χ3v) is 2.35. The fourth-order valence-corrected chi connectivity index (χ4v) is 1.44. The smallest absolute Gasteiger partial charge is 0.341 e. The van der Waals surface area contributed by atoms with Gasteiger partial charge in [0.1, 0.15) is 0 Å². The number of anilines is 1. The van der Waals surface area contributed by atoms with Gasteiger partial charge in [-0.25, -0.2) is 14.8 Å². The molecule has 6 heteroatoms. The highest BCUT2D eigenvalue weighted by Crippen LogP contribution is 2.08. The fraction of sp³-hybridized carbons (Fsp3) is 0.500. The first-order chi connectivity index (χ1) is 9.54. The minimum atomic E-state index is -0.402. The molecule has 1 aromatic rings. The Labute approximate surface area is 119 Å². The molecule has 1 N–H and O–H groups in total. The quantitative estimate of drug-likeness (QED) is 0.445. The predicted octanol–water partition coefficient (Wildman–Crippen LogP) is 1.97. The van der Waals surface area contributed by atoms with Crippen LogP contribution in [0.15, 0.2) is 18.3 Å². The number of aromatic nitrogens is 2. The Bertz CT molecular complexity index is 475. The average molecular weight is 279 g/mol. The molecule has 0 aliphatic heterocycles. The molecule has 6 nitrogen and oxygen atoms in total. The second-order valence-electron chi connectivity index (χ2n) is 4.35. The molecule has 0 aliphatic rings. The van der Waals surface area contributed by atoms with Crippen molar-refractivity contribution in [3.63, 3.8) is 0 Å². The summed E-state index contributed by atoms with van der Waals surface area (Å²) >= 11 is 0. The maximum Gasteiger partial charge on any atom is 0.341 e. The summed E-state index contributed by atoms with van der Waals surface area (Å²) in [5, 5.41) is 3.03. The largest absolute Gasteiger partial charge is 0.462 e. The van der Waals surface area contributed by atoms with Gasteiger partial charge in [0.05, 0.1) is 31.1 Å². The number of carbonyl (C=O) groups excluding carboxylic acids is 1. The van der Waals surface area contributed by atoms with Crippen molar-refractivity contribution in [2.24, 2.45) is 0 Å². The van der Waals surface area contributed by atoms with Gasteiger partial charge in [-0.3, -0.25) is 0 Å². The van der Waals surface area contributed by atoms with E-state index in [1.54, 1.807) is 13.8 Å². The minimum Gasteiger partial charge on any atom is -0.462 e.